The molecular weight excluding hydrogens is 372 g/mol. The number of hydrogen-bond donors (Lipinski definition) is 0. The second-order valence-corrected chi connectivity index (χ2v) is 4.99. The third-order valence-electron chi connectivity index (χ3n) is 2.54. The molecule has 0 saturated carbocycles. The highest BCUT2D eigenvalue weighted by Crippen LogP contribution is 2.36. The van der Waals surface area contributed by atoms with E-state index in [0.717, 1.165) is 24.3 Å². The lowest BCUT2D eigenvalue weighted by molar-refractivity contribution is -0.385. The average Bonchev–Trinajstić information content (AvgIpc) is 2.42. The van der Waals surface area contributed by atoms with E-state index < -0.39 is 28.0 Å². The van der Waals surface area contributed by atoms with Crippen LogP contribution >= 0.6 is 27.5 Å². The van der Waals surface area contributed by atoms with Crippen LogP contribution in [0.25, 0.3) is 0 Å². The SMILES string of the molecule is O=[N+]([O-])c1ccc(Cl)cc1Oc1c(F)cc(CBr)cc1F. The van der Waals surface area contributed by atoms with Crippen LogP contribution in [0.5, 0.6) is 11.5 Å². The van der Waals surface area contributed by atoms with Crippen LogP contribution in [0.4, 0.5) is 14.5 Å². The summed E-state index contributed by atoms with van der Waals surface area (Å²) in [5.74, 6) is -2.97. The molecule has 0 aliphatic heterocycles. The Hall–Kier alpha value is -1.73. The summed E-state index contributed by atoms with van der Waals surface area (Å²) < 4.78 is 32.7. The van der Waals surface area contributed by atoms with Crippen LogP contribution in [-0.4, -0.2) is 4.92 Å². The predicted octanol–water partition coefficient (Wildman–Crippen LogP) is 5.21. The number of ether oxygens (including phenoxy) is 1. The molecule has 21 heavy (non-hydrogen) atoms. The third kappa shape index (κ3) is 3.48. The summed E-state index contributed by atoms with van der Waals surface area (Å²) in [6.07, 6.45) is 0. The van der Waals surface area contributed by atoms with E-state index in [2.05, 4.69) is 15.9 Å². The summed E-state index contributed by atoms with van der Waals surface area (Å²) in [4.78, 5) is 10.2. The maximum absolute atomic E-state index is 13.8. The van der Waals surface area contributed by atoms with E-state index in [-0.39, 0.29) is 16.1 Å². The number of rotatable bonds is 4. The van der Waals surface area contributed by atoms with E-state index in [1.807, 2.05) is 0 Å². The first-order valence-corrected chi connectivity index (χ1v) is 7.08. The molecule has 0 heterocycles. The molecule has 0 radical (unpaired) electrons. The number of nitro benzene ring substituents is 1. The molecule has 0 aromatic heterocycles. The highest BCUT2D eigenvalue weighted by Gasteiger charge is 2.20. The van der Waals surface area contributed by atoms with Gasteiger partial charge in [-0.25, -0.2) is 8.78 Å². The third-order valence-corrected chi connectivity index (χ3v) is 3.43. The van der Waals surface area contributed by atoms with Gasteiger partial charge in [-0.2, -0.15) is 0 Å². The Morgan fingerprint density at radius 2 is 1.86 bits per heavy atom. The monoisotopic (exact) mass is 377 g/mol. The number of hydrogen-bond acceptors (Lipinski definition) is 3. The molecule has 0 aliphatic carbocycles. The lowest BCUT2D eigenvalue weighted by Gasteiger charge is -2.09. The molecule has 0 aliphatic rings. The maximum Gasteiger partial charge on any atom is 0.311 e. The summed E-state index contributed by atoms with van der Waals surface area (Å²) in [6.45, 7) is 0. The van der Waals surface area contributed by atoms with Crippen molar-refractivity contribution in [2.24, 2.45) is 0 Å². The van der Waals surface area contributed by atoms with Gasteiger partial charge in [0.05, 0.1) is 4.92 Å². The molecule has 0 spiro atoms. The minimum atomic E-state index is -0.960. The fourth-order valence-electron chi connectivity index (χ4n) is 1.62. The molecule has 0 saturated heterocycles. The first-order chi connectivity index (χ1) is 9.92. The van der Waals surface area contributed by atoms with Gasteiger partial charge in [0, 0.05) is 22.5 Å². The van der Waals surface area contributed by atoms with Crippen molar-refractivity contribution < 1.29 is 18.4 Å². The Labute approximate surface area is 131 Å². The van der Waals surface area contributed by atoms with Crippen LogP contribution in [0.3, 0.4) is 0 Å². The van der Waals surface area contributed by atoms with Crippen LogP contribution < -0.4 is 4.74 Å². The minimum absolute atomic E-state index is 0.147. The van der Waals surface area contributed by atoms with Crippen molar-refractivity contribution in [3.63, 3.8) is 0 Å². The van der Waals surface area contributed by atoms with Crippen molar-refractivity contribution in [1.82, 2.24) is 0 Å². The van der Waals surface area contributed by atoms with Crippen molar-refractivity contribution >= 4 is 33.2 Å². The zero-order valence-electron chi connectivity index (χ0n) is 10.3. The Balaban J connectivity index is 2.48. The van der Waals surface area contributed by atoms with Crippen LogP contribution in [-0.2, 0) is 5.33 Å². The Kier molecular flexibility index (Phi) is 4.74. The second kappa shape index (κ2) is 6.36. The van der Waals surface area contributed by atoms with Gasteiger partial charge in [-0.15, -0.1) is 0 Å². The summed E-state index contributed by atoms with van der Waals surface area (Å²) in [7, 11) is 0. The van der Waals surface area contributed by atoms with Crippen molar-refractivity contribution in [2.75, 3.05) is 0 Å². The quantitative estimate of drug-likeness (QED) is 0.417. The Morgan fingerprint density at radius 3 is 2.38 bits per heavy atom. The first kappa shape index (κ1) is 15.7. The van der Waals surface area contributed by atoms with E-state index in [4.69, 9.17) is 16.3 Å². The largest absolute Gasteiger partial charge is 0.444 e. The minimum Gasteiger partial charge on any atom is -0.444 e. The van der Waals surface area contributed by atoms with E-state index >= 15 is 0 Å². The van der Waals surface area contributed by atoms with Crippen molar-refractivity contribution in [3.05, 3.63) is 62.7 Å². The van der Waals surface area contributed by atoms with Gasteiger partial charge >= 0.3 is 5.69 Å². The normalized spacial score (nSPS) is 10.5. The van der Waals surface area contributed by atoms with Gasteiger partial charge in [0.25, 0.3) is 0 Å². The summed E-state index contributed by atoms with van der Waals surface area (Å²) in [5.41, 5.74) is -0.0688. The Bertz CT molecular complexity index is 689. The number of nitrogens with zero attached hydrogens (tertiary/aromatic N) is 1. The molecule has 110 valence electrons. The molecule has 4 nitrogen and oxygen atoms in total. The lowest BCUT2D eigenvalue weighted by Crippen LogP contribution is -1.98. The van der Waals surface area contributed by atoms with Gasteiger partial charge in [-0.3, -0.25) is 10.1 Å². The molecule has 2 aromatic rings. The van der Waals surface area contributed by atoms with Gasteiger partial charge < -0.3 is 4.74 Å². The average molecular weight is 379 g/mol. The summed E-state index contributed by atoms with van der Waals surface area (Å²) in [5, 5.41) is 11.3. The van der Waals surface area contributed by atoms with Crippen LogP contribution in [0.2, 0.25) is 5.02 Å². The molecule has 0 amide bonds. The Morgan fingerprint density at radius 1 is 1.24 bits per heavy atom. The maximum atomic E-state index is 13.8. The van der Waals surface area contributed by atoms with E-state index in [1.165, 1.54) is 6.07 Å². The van der Waals surface area contributed by atoms with Gasteiger partial charge in [0.1, 0.15) is 0 Å². The number of alkyl halides is 1. The number of nitro groups is 1. The zero-order valence-corrected chi connectivity index (χ0v) is 12.6. The molecule has 0 bridgehead atoms. The van der Waals surface area contributed by atoms with Gasteiger partial charge in [0.2, 0.25) is 5.75 Å². The van der Waals surface area contributed by atoms with E-state index in [0.29, 0.717) is 5.56 Å². The smallest absolute Gasteiger partial charge is 0.311 e. The standard InChI is InChI=1S/C13H7BrClF2NO3/c14-6-7-3-9(16)13(10(17)4-7)21-12-5-8(15)1-2-11(12)18(19)20/h1-5H,6H2. The molecule has 0 unspecified atom stereocenters. The highest BCUT2D eigenvalue weighted by molar-refractivity contribution is 9.08. The highest BCUT2D eigenvalue weighted by atomic mass is 79.9. The first-order valence-electron chi connectivity index (χ1n) is 5.58. The zero-order chi connectivity index (χ0) is 15.6. The topological polar surface area (TPSA) is 52.4 Å². The lowest BCUT2D eigenvalue weighted by atomic mass is 10.2. The molecule has 8 heteroatoms. The number of benzene rings is 2. The van der Waals surface area contributed by atoms with Gasteiger partial charge in [-0.1, -0.05) is 27.5 Å². The van der Waals surface area contributed by atoms with Gasteiger partial charge in [0.15, 0.2) is 17.4 Å². The fourth-order valence-corrected chi connectivity index (χ4v) is 2.10. The fraction of sp³-hybridized carbons (Fsp3) is 0.0769. The predicted molar refractivity (Wildman–Crippen MR) is 77.2 cm³/mol. The molecule has 0 atom stereocenters. The molecular formula is C13H7BrClF2NO3. The molecule has 2 rings (SSSR count). The van der Waals surface area contributed by atoms with Crippen LogP contribution in [0.1, 0.15) is 5.56 Å². The summed E-state index contributed by atoms with van der Waals surface area (Å²) >= 11 is 8.80. The van der Waals surface area contributed by atoms with E-state index in [1.54, 1.807) is 0 Å². The van der Waals surface area contributed by atoms with Gasteiger partial charge in [-0.05, 0) is 23.8 Å². The summed E-state index contributed by atoms with van der Waals surface area (Å²) in [6, 6.07) is 5.65. The van der Waals surface area contributed by atoms with E-state index in [9.17, 15) is 18.9 Å². The van der Waals surface area contributed by atoms with Crippen molar-refractivity contribution in [2.45, 2.75) is 5.33 Å². The van der Waals surface area contributed by atoms with Crippen LogP contribution in [0.15, 0.2) is 30.3 Å². The number of halogens is 4. The van der Waals surface area contributed by atoms with Crippen molar-refractivity contribution in [1.29, 1.82) is 0 Å². The molecule has 2 aromatic carbocycles. The molecule has 0 fully saturated rings. The van der Waals surface area contributed by atoms with Crippen LogP contribution in [0, 0.1) is 21.7 Å². The molecule has 0 N–H and O–H groups in total. The van der Waals surface area contributed by atoms with Crippen molar-refractivity contribution in [3.8, 4) is 11.5 Å². The second-order valence-electron chi connectivity index (χ2n) is 3.99.